The van der Waals surface area contributed by atoms with E-state index in [1.165, 1.54) is 36.4 Å². The van der Waals surface area contributed by atoms with Gasteiger partial charge in [-0.25, -0.2) is 22.8 Å². The van der Waals surface area contributed by atoms with Crippen LogP contribution in [-0.2, 0) is 16.6 Å². The average Bonchev–Trinajstić information content (AvgIpc) is 3.65. The van der Waals surface area contributed by atoms with E-state index in [1.807, 2.05) is 0 Å². The van der Waals surface area contributed by atoms with E-state index in [9.17, 15) is 26.0 Å². The molecule has 0 unspecified atom stereocenters. The molecule has 1 aliphatic rings. The summed E-state index contributed by atoms with van der Waals surface area (Å²) in [4.78, 5) is 13.2. The lowest BCUT2D eigenvalue weighted by atomic mass is 10.1. The molecule has 0 atom stereocenters. The largest absolute Gasteiger partial charge is 0.411 e. The van der Waals surface area contributed by atoms with E-state index >= 15 is 0 Å². The highest BCUT2D eigenvalue weighted by molar-refractivity contribution is 7.92. The van der Waals surface area contributed by atoms with Gasteiger partial charge in [0.2, 0.25) is 16.0 Å². The van der Waals surface area contributed by atoms with Gasteiger partial charge in [-0.05, 0) is 66.9 Å². The fourth-order valence-electron chi connectivity index (χ4n) is 3.93. The second kappa shape index (κ2) is 9.79. The predicted octanol–water partition coefficient (Wildman–Crippen LogP) is 5.97. The second-order valence-electron chi connectivity index (χ2n) is 9.21. The third kappa shape index (κ3) is 5.98. The Morgan fingerprint density at radius 2 is 1.72 bits per heavy atom. The van der Waals surface area contributed by atoms with Crippen LogP contribution in [0.1, 0.15) is 18.4 Å². The highest BCUT2D eigenvalue weighted by Gasteiger charge is 2.64. The van der Waals surface area contributed by atoms with Crippen molar-refractivity contribution in [2.24, 2.45) is 0 Å². The molecule has 0 radical (unpaired) electrons. The van der Waals surface area contributed by atoms with Gasteiger partial charge in [-0.15, -0.1) is 0 Å². The molecule has 1 aliphatic carbocycles. The van der Waals surface area contributed by atoms with Crippen LogP contribution in [0.5, 0.6) is 0 Å². The molecule has 2 aromatic carbocycles. The summed E-state index contributed by atoms with van der Waals surface area (Å²) in [5.74, 6) is -0.495. The normalized spacial score (nSPS) is 14.7. The molecule has 1 fully saturated rings. The van der Waals surface area contributed by atoms with E-state index in [0.29, 0.717) is 16.8 Å². The van der Waals surface area contributed by atoms with Crippen LogP contribution in [0.25, 0.3) is 22.3 Å². The molecule has 0 amide bonds. The van der Waals surface area contributed by atoms with Crippen LogP contribution in [0.3, 0.4) is 0 Å². The minimum Gasteiger partial charge on any atom is -0.354 e. The molecule has 3 N–H and O–H groups in total. The van der Waals surface area contributed by atoms with E-state index in [-0.39, 0.29) is 52.9 Å². The standard InChI is InChI=1S/C25H21ClF4N6O2S/c1-39(37,38)36-20-12-14(2-7-17(20)26)13-31-23-33-19-9-8-18(15-3-5-16(27)6-4-15)32-21(19)22(34-23)35-24(10-11-24)25(28,29)30/h2-9,12,36H,10-11,13H2,1H3,(H2,31,33,34,35). The summed E-state index contributed by atoms with van der Waals surface area (Å²) in [5, 5.41) is 5.71. The zero-order chi connectivity index (χ0) is 28.0. The molecule has 8 nitrogen and oxygen atoms in total. The Kier molecular flexibility index (Phi) is 6.75. The summed E-state index contributed by atoms with van der Waals surface area (Å²) in [6.45, 7) is 0.117. The number of nitrogens with one attached hydrogen (secondary N) is 3. The van der Waals surface area contributed by atoms with E-state index in [1.54, 1.807) is 18.2 Å². The second-order valence-corrected chi connectivity index (χ2v) is 11.4. The number of pyridine rings is 1. The molecule has 4 aromatic rings. The third-order valence-electron chi connectivity index (χ3n) is 6.11. The lowest BCUT2D eigenvalue weighted by Crippen LogP contribution is -2.39. The van der Waals surface area contributed by atoms with Gasteiger partial charge in [0.1, 0.15) is 16.9 Å². The van der Waals surface area contributed by atoms with Crippen LogP contribution in [0.4, 0.5) is 35.0 Å². The van der Waals surface area contributed by atoms with Crippen molar-refractivity contribution >= 4 is 50.1 Å². The summed E-state index contributed by atoms with van der Waals surface area (Å²) in [6, 6.07) is 13.5. The monoisotopic (exact) mass is 580 g/mol. The minimum absolute atomic E-state index is 0.0341. The van der Waals surface area contributed by atoms with Crippen molar-refractivity contribution in [2.75, 3.05) is 21.6 Å². The Hall–Kier alpha value is -3.71. The fourth-order valence-corrected chi connectivity index (χ4v) is 4.72. The number of rotatable bonds is 8. The summed E-state index contributed by atoms with van der Waals surface area (Å²) < 4.78 is 80.3. The van der Waals surface area contributed by atoms with Crippen molar-refractivity contribution < 1.29 is 26.0 Å². The van der Waals surface area contributed by atoms with E-state index in [4.69, 9.17) is 11.6 Å². The number of alkyl halides is 3. The van der Waals surface area contributed by atoms with Gasteiger partial charge in [0.05, 0.1) is 28.2 Å². The quantitative estimate of drug-likeness (QED) is 0.220. The molecule has 0 bridgehead atoms. The zero-order valence-corrected chi connectivity index (χ0v) is 21.8. The maximum Gasteiger partial charge on any atom is 0.411 e. The number of halogens is 5. The van der Waals surface area contributed by atoms with Crippen molar-refractivity contribution in [1.82, 2.24) is 15.0 Å². The number of sulfonamides is 1. The van der Waals surface area contributed by atoms with Crippen molar-refractivity contribution in [2.45, 2.75) is 31.1 Å². The van der Waals surface area contributed by atoms with Crippen molar-refractivity contribution in [3.05, 3.63) is 71.0 Å². The molecular formula is C25H21ClF4N6O2S. The summed E-state index contributed by atoms with van der Waals surface area (Å²) in [6.07, 6.45) is -3.72. The van der Waals surface area contributed by atoms with Gasteiger partial charge in [0, 0.05) is 12.1 Å². The number of fused-ring (bicyclic) bond motifs is 1. The molecule has 2 aromatic heterocycles. The number of hydrogen-bond acceptors (Lipinski definition) is 7. The van der Waals surface area contributed by atoms with Crippen LogP contribution in [0, 0.1) is 5.82 Å². The fraction of sp³-hybridized carbons (Fsp3) is 0.240. The highest BCUT2D eigenvalue weighted by atomic mass is 35.5. The summed E-state index contributed by atoms with van der Waals surface area (Å²) >= 11 is 6.08. The van der Waals surface area contributed by atoms with Crippen LogP contribution >= 0.6 is 11.6 Å². The summed E-state index contributed by atoms with van der Waals surface area (Å²) in [7, 11) is -3.57. The Labute approximate surface area is 225 Å². The molecule has 1 saturated carbocycles. The lowest BCUT2D eigenvalue weighted by Gasteiger charge is -2.22. The molecular weight excluding hydrogens is 560 g/mol. The predicted molar refractivity (Wildman–Crippen MR) is 142 cm³/mol. The molecule has 0 saturated heterocycles. The molecule has 14 heteroatoms. The highest BCUT2D eigenvalue weighted by Crippen LogP contribution is 2.51. The van der Waals surface area contributed by atoms with Crippen LogP contribution < -0.4 is 15.4 Å². The maximum atomic E-state index is 13.8. The average molecular weight is 581 g/mol. The number of hydrogen-bond donors (Lipinski definition) is 3. The van der Waals surface area contributed by atoms with Crippen molar-refractivity contribution in [3.63, 3.8) is 0 Å². The lowest BCUT2D eigenvalue weighted by molar-refractivity contribution is -0.151. The maximum absolute atomic E-state index is 13.8. The number of benzene rings is 2. The smallest absolute Gasteiger partial charge is 0.354 e. The molecule has 204 valence electrons. The number of nitrogens with zero attached hydrogens (tertiary/aromatic N) is 3. The Bertz CT molecular complexity index is 1660. The van der Waals surface area contributed by atoms with Gasteiger partial charge in [0.25, 0.3) is 0 Å². The molecule has 2 heterocycles. The first-order valence-corrected chi connectivity index (χ1v) is 13.9. The van der Waals surface area contributed by atoms with E-state index in [2.05, 4.69) is 30.3 Å². The Balaban J connectivity index is 1.49. The molecule has 5 rings (SSSR count). The molecule has 0 aliphatic heterocycles. The molecule has 39 heavy (non-hydrogen) atoms. The van der Waals surface area contributed by atoms with Crippen LogP contribution in [0.15, 0.2) is 54.6 Å². The van der Waals surface area contributed by atoms with Gasteiger partial charge in [-0.1, -0.05) is 17.7 Å². The summed E-state index contributed by atoms with van der Waals surface area (Å²) in [5.41, 5.74) is 0.0876. The van der Waals surface area contributed by atoms with Gasteiger partial charge in [-0.3, -0.25) is 4.72 Å². The zero-order valence-electron chi connectivity index (χ0n) is 20.3. The number of aromatic nitrogens is 3. The van der Waals surface area contributed by atoms with Gasteiger partial charge >= 0.3 is 6.18 Å². The van der Waals surface area contributed by atoms with Gasteiger partial charge < -0.3 is 10.6 Å². The minimum atomic E-state index is -4.50. The van der Waals surface area contributed by atoms with Crippen molar-refractivity contribution in [1.29, 1.82) is 0 Å². The first kappa shape index (κ1) is 26.9. The first-order valence-electron chi connectivity index (χ1n) is 11.6. The van der Waals surface area contributed by atoms with Crippen LogP contribution in [0.2, 0.25) is 5.02 Å². The topological polar surface area (TPSA) is 109 Å². The Morgan fingerprint density at radius 3 is 2.36 bits per heavy atom. The van der Waals surface area contributed by atoms with Crippen LogP contribution in [-0.4, -0.2) is 41.3 Å². The first-order chi connectivity index (χ1) is 18.3. The van der Waals surface area contributed by atoms with E-state index in [0.717, 1.165) is 6.26 Å². The third-order valence-corrected chi connectivity index (χ3v) is 7.03. The Morgan fingerprint density at radius 1 is 1.00 bits per heavy atom. The number of anilines is 3. The van der Waals surface area contributed by atoms with Gasteiger partial charge in [-0.2, -0.15) is 18.2 Å². The van der Waals surface area contributed by atoms with Crippen molar-refractivity contribution in [3.8, 4) is 11.3 Å². The molecule has 0 spiro atoms. The van der Waals surface area contributed by atoms with Gasteiger partial charge in [0.15, 0.2) is 5.82 Å². The van der Waals surface area contributed by atoms with E-state index < -0.39 is 27.6 Å². The SMILES string of the molecule is CS(=O)(=O)Nc1cc(CNc2nc(NC3(C(F)(F)F)CC3)c3nc(-c4ccc(F)cc4)ccc3n2)ccc1Cl.